The third-order valence-electron chi connectivity index (χ3n) is 4.54. The summed E-state index contributed by atoms with van der Waals surface area (Å²) in [6.45, 7) is 13.0. The maximum Gasteiger partial charge on any atom is 0.339 e. The number of carbonyl (C=O) groups is 2. The highest BCUT2D eigenvalue weighted by molar-refractivity contribution is 6.31. The Bertz CT molecular complexity index is 1050. The lowest BCUT2D eigenvalue weighted by atomic mass is 9.96. The highest BCUT2D eigenvalue weighted by atomic mass is 35.5. The summed E-state index contributed by atoms with van der Waals surface area (Å²) in [7, 11) is 1.49. The van der Waals surface area contributed by atoms with Crippen LogP contribution in [0.2, 0.25) is 5.02 Å². The number of ketones is 1. The molecule has 0 saturated heterocycles. The number of methoxy groups -OCH3 is 1. The average molecular weight is 459 g/mol. The predicted molar refractivity (Wildman–Crippen MR) is 128 cm³/mol. The number of rotatable bonds is 7. The van der Waals surface area contributed by atoms with E-state index in [2.05, 4.69) is 0 Å². The summed E-state index contributed by atoms with van der Waals surface area (Å²) in [5.74, 6) is 0.302. The van der Waals surface area contributed by atoms with Crippen LogP contribution in [0.4, 0.5) is 0 Å². The number of benzene rings is 2. The highest BCUT2D eigenvalue weighted by Crippen LogP contribution is 2.33. The number of esters is 1. The predicted octanol–water partition coefficient (Wildman–Crippen LogP) is 6.60. The number of allylic oxidation sites excluding steroid dienone is 1. The third kappa shape index (κ3) is 6.36. The quantitative estimate of drug-likeness (QED) is 0.265. The van der Waals surface area contributed by atoms with E-state index in [1.54, 1.807) is 24.3 Å². The first kappa shape index (κ1) is 25.5. The van der Waals surface area contributed by atoms with Crippen LogP contribution in [-0.4, -0.2) is 30.6 Å². The van der Waals surface area contributed by atoms with Gasteiger partial charge in [-0.15, -0.1) is 0 Å². The molecule has 2 aromatic rings. The molecular formula is C26H31ClO5. The number of ether oxygens (including phenoxy) is 3. The van der Waals surface area contributed by atoms with Gasteiger partial charge in [0.15, 0.2) is 5.78 Å². The molecule has 32 heavy (non-hydrogen) atoms. The Morgan fingerprint density at radius 1 is 1.09 bits per heavy atom. The fourth-order valence-electron chi connectivity index (χ4n) is 3.28. The van der Waals surface area contributed by atoms with Gasteiger partial charge in [-0.25, -0.2) is 4.79 Å². The fourth-order valence-corrected chi connectivity index (χ4v) is 3.44. The molecule has 5 nitrogen and oxygen atoms in total. The Morgan fingerprint density at radius 3 is 2.31 bits per heavy atom. The smallest absolute Gasteiger partial charge is 0.339 e. The van der Waals surface area contributed by atoms with Crippen LogP contribution in [0.3, 0.4) is 0 Å². The summed E-state index contributed by atoms with van der Waals surface area (Å²) >= 11 is 5.99. The van der Waals surface area contributed by atoms with Crippen LogP contribution in [0.5, 0.6) is 11.5 Å². The van der Waals surface area contributed by atoms with Gasteiger partial charge in [-0.05, 0) is 90.4 Å². The lowest BCUT2D eigenvalue weighted by molar-refractivity contribution is 0.00671. The molecule has 0 saturated carbocycles. The van der Waals surface area contributed by atoms with Crippen LogP contribution < -0.4 is 9.47 Å². The van der Waals surface area contributed by atoms with Crippen molar-refractivity contribution in [2.24, 2.45) is 0 Å². The van der Waals surface area contributed by atoms with Crippen molar-refractivity contribution in [3.05, 3.63) is 63.2 Å². The molecule has 0 radical (unpaired) electrons. The molecule has 2 aromatic carbocycles. The lowest BCUT2D eigenvalue weighted by Gasteiger charge is -2.23. The molecule has 0 N–H and O–H groups in total. The van der Waals surface area contributed by atoms with Crippen LogP contribution in [0.1, 0.15) is 72.0 Å². The first-order valence-electron chi connectivity index (χ1n) is 10.4. The zero-order valence-corrected chi connectivity index (χ0v) is 20.7. The van der Waals surface area contributed by atoms with E-state index in [1.165, 1.54) is 13.2 Å². The standard InChI is InChI=1S/C26H31ClO5/c1-15(2)31-24-17(4)23(25(29)32-26(5,6)7)16(3)13-18(24)9-12-21(28)20-11-10-19(27)14-22(20)30-8/h9-15H,1-8H3. The molecule has 0 fully saturated rings. The molecule has 0 bridgehead atoms. The van der Waals surface area contributed by atoms with Crippen LogP contribution in [0.15, 0.2) is 30.3 Å². The molecule has 172 valence electrons. The second-order valence-corrected chi connectivity index (χ2v) is 9.26. The number of hydrogen-bond acceptors (Lipinski definition) is 5. The van der Waals surface area contributed by atoms with Gasteiger partial charge in [0.1, 0.15) is 17.1 Å². The molecule has 0 aliphatic heterocycles. The Labute approximate surface area is 195 Å². The molecule has 6 heteroatoms. The van der Waals surface area contributed by atoms with E-state index in [9.17, 15) is 9.59 Å². The largest absolute Gasteiger partial charge is 0.496 e. The van der Waals surface area contributed by atoms with E-state index in [0.29, 0.717) is 38.8 Å². The normalized spacial score (nSPS) is 11.7. The summed E-state index contributed by atoms with van der Waals surface area (Å²) in [5.41, 5.74) is 2.37. The minimum atomic E-state index is -0.613. The Morgan fingerprint density at radius 2 is 1.75 bits per heavy atom. The Kier molecular flexibility index (Phi) is 8.13. The van der Waals surface area contributed by atoms with Gasteiger partial charge in [0.25, 0.3) is 0 Å². The van der Waals surface area contributed by atoms with Crippen molar-refractivity contribution in [3.63, 3.8) is 0 Å². The molecule has 0 heterocycles. The van der Waals surface area contributed by atoms with Gasteiger partial charge in [0, 0.05) is 16.1 Å². The van der Waals surface area contributed by atoms with Gasteiger partial charge in [0.05, 0.1) is 24.3 Å². The molecular weight excluding hydrogens is 428 g/mol. The zero-order valence-electron chi connectivity index (χ0n) is 20.0. The van der Waals surface area contributed by atoms with Crippen molar-refractivity contribution in [3.8, 4) is 11.5 Å². The second kappa shape index (κ2) is 10.2. The molecule has 2 rings (SSSR count). The van der Waals surface area contributed by atoms with E-state index in [4.69, 9.17) is 25.8 Å². The van der Waals surface area contributed by atoms with E-state index in [-0.39, 0.29) is 11.9 Å². The minimum absolute atomic E-state index is 0.123. The molecule has 0 amide bonds. The van der Waals surface area contributed by atoms with E-state index in [0.717, 1.165) is 5.56 Å². The third-order valence-corrected chi connectivity index (χ3v) is 4.78. The van der Waals surface area contributed by atoms with Crippen molar-refractivity contribution in [2.45, 2.75) is 60.2 Å². The molecule has 0 unspecified atom stereocenters. The van der Waals surface area contributed by atoms with Crippen LogP contribution in [-0.2, 0) is 4.74 Å². The molecule has 0 atom stereocenters. The Hall–Kier alpha value is -2.79. The lowest BCUT2D eigenvalue weighted by Crippen LogP contribution is -2.25. The van der Waals surface area contributed by atoms with Crippen molar-refractivity contribution in [1.29, 1.82) is 0 Å². The van der Waals surface area contributed by atoms with Gasteiger partial charge < -0.3 is 14.2 Å². The van der Waals surface area contributed by atoms with E-state index < -0.39 is 11.6 Å². The van der Waals surface area contributed by atoms with Gasteiger partial charge in [-0.2, -0.15) is 0 Å². The van der Waals surface area contributed by atoms with Gasteiger partial charge in [0.2, 0.25) is 0 Å². The maximum absolute atomic E-state index is 12.8. The topological polar surface area (TPSA) is 61.8 Å². The van der Waals surface area contributed by atoms with Gasteiger partial charge in [-0.3, -0.25) is 4.79 Å². The molecule has 0 aliphatic rings. The number of hydrogen-bond donors (Lipinski definition) is 0. The Balaban J connectivity index is 2.51. The summed E-state index contributed by atoms with van der Waals surface area (Å²) in [5, 5.41) is 0.485. The van der Waals surface area contributed by atoms with E-state index in [1.807, 2.05) is 54.5 Å². The molecule has 0 aromatic heterocycles. The SMILES string of the molecule is COc1cc(Cl)ccc1C(=O)C=Cc1cc(C)c(C(=O)OC(C)(C)C)c(C)c1OC(C)C. The van der Waals surface area contributed by atoms with Crippen molar-refractivity contribution >= 4 is 29.4 Å². The van der Waals surface area contributed by atoms with Gasteiger partial charge >= 0.3 is 5.97 Å². The molecule has 0 spiro atoms. The summed E-state index contributed by atoms with van der Waals surface area (Å²) in [4.78, 5) is 25.6. The van der Waals surface area contributed by atoms with E-state index >= 15 is 0 Å². The van der Waals surface area contributed by atoms with Crippen molar-refractivity contribution in [1.82, 2.24) is 0 Å². The van der Waals surface area contributed by atoms with Crippen LogP contribution in [0.25, 0.3) is 6.08 Å². The average Bonchev–Trinajstić information content (AvgIpc) is 2.66. The first-order chi connectivity index (χ1) is 14.8. The summed E-state index contributed by atoms with van der Waals surface area (Å²) in [6.07, 6.45) is 3.02. The van der Waals surface area contributed by atoms with Gasteiger partial charge in [-0.1, -0.05) is 11.6 Å². The number of halogens is 1. The zero-order chi connectivity index (χ0) is 24.2. The van der Waals surface area contributed by atoms with Crippen molar-refractivity contribution in [2.75, 3.05) is 7.11 Å². The van der Waals surface area contributed by atoms with Crippen LogP contribution >= 0.6 is 11.6 Å². The molecule has 0 aliphatic carbocycles. The fraction of sp³-hybridized carbons (Fsp3) is 0.385. The number of carbonyl (C=O) groups excluding carboxylic acids is 2. The van der Waals surface area contributed by atoms with Crippen molar-refractivity contribution < 1.29 is 23.8 Å². The first-order valence-corrected chi connectivity index (χ1v) is 10.8. The second-order valence-electron chi connectivity index (χ2n) is 8.82. The summed E-state index contributed by atoms with van der Waals surface area (Å²) < 4.78 is 16.9. The van der Waals surface area contributed by atoms with Crippen LogP contribution in [0, 0.1) is 13.8 Å². The maximum atomic E-state index is 12.8. The summed E-state index contributed by atoms with van der Waals surface area (Å²) in [6, 6.07) is 6.69. The number of aryl methyl sites for hydroxylation is 1. The monoisotopic (exact) mass is 458 g/mol. The highest BCUT2D eigenvalue weighted by Gasteiger charge is 2.24. The minimum Gasteiger partial charge on any atom is -0.496 e.